The minimum atomic E-state index is -4.78. The quantitative estimate of drug-likeness (QED) is 0.0166. The van der Waals surface area contributed by atoms with Crippen molar-refractivity contribution in [3.8, 4) is 0 Å². The summed E-state index contributed by atoms with van der Waals surface area (Å²) in [6.07, 6.45) is 35.4. The lowest BCUT2D eigenvalue weighted by atomic mass is 10.0. The Morgan fingerprint density at radius 3 is 1.82 bits per heavy atom. The van der Waals surface area contributed by atoms with E-state index in [-0.39, 0.29) is 25.2 Å². The Balaban J connectivity index is 4.11. The number of carbonyl (C=O) groups excluding carboxylic acids is 3. The molecule has 0 fully saturated rings. The predicted octanol–water partition coefficient (Wildman–Crippen LogP) is 10.6. The normalized spacial score (nSPS) is 13.0. The molecule has 0 unspecified atom stereocenters. The third-order valence-electron chi connectivity index (χ3n) is 8.00. The van der Waals surface area contributed by atoms with E-state index in [1.54, 1.807) is 12.2 Å². The van der Waals surface area contributed by atoms with Gasteiger partial charge in [-0.1, -0.05) is 147 Å². The number of ether oxygens (including phenoxy) is 2. The van der Waals surface area contributed by atoms with E-state index < -0.39 is 32.5 Å². The third-order valence-corrected chi connectivity index (χ3v) is 8.49. The maximum Gasteiger partial charge on any atom is 0.469 e. The number of ketones is 1. The summed E-state index contributed by atoms with van der Waals surface area (Å²) in [5.41, 5.74) is 0. The number of phosphoric ester groups is 1. The van der Waals surface area contributed by atoms with Crippen molar-refractivity contribution in [2.24, 2.45) is 5.92 Å². The zero-order chi connectivity index (χ0) is 37.1. The van der Waals surface area contributed by atoms with Crippen LogP contribution in [0.1, 0.15) is 162 Å². The maximum atomic E-state index is 12.4. The molecule has 1 atom stereocenters. The number of allylic oxidation sites excluding steroid dienone is 8. The molecule has 0 amide bonds. The SMILES string of the molecule is CCCCCC(=O)/C=C/C=C\C/C=C\C/C=C\CCCC(=O)OC[C@H](COP(=O)(O)O)OC(=O)CCCCCCCCCCCCCC(C)C. The van der Waals surface area contributed by atoms with Crippen LogP contribution < -0.4 is 0 Å². The van der Waals surface area contributed by atoms with Crippen molar-refractivity contribution >= 4 is 25.5 Å². The zero-order valence-corrected chi connectivity index (χ0v) is 32.3. The molecule has 2 N–H and O–H groups in total. The van der Waals surface area contributed by atoms with Gasteiger partial charge in [-0.2, -0.15) is 0 Å². The summed E-state index contributed by atoms with van der Waals surface area (Å²) in [6.45, 7) is 5.77. The molecular weight excluding hydrogens is 655 g/mol. The lowest BCUT2D eigenvalue weighted by Gasteiger charge is -2.18. The van der Waals surface area contributed by atoms with Crippen LogP contribution in [-0.2, 0) is 32.9 Å². The van der Waals surface area contributed by atoms with Gasteiger partial charge in [-0.05, 0) is 50.5 Å². The fourth-order valence-electron chi connectivity index (χ4n) is 5.09. The van der Waals surface area contributed by atoms with Gasteiger partial charge in [0, 0.05) is 19.3 Å². The Hall–Kier alpha value is -2.32. The highest BCUT2D eigenvalue weighted by Crippen LogP contribution is 2.36. The van der Waals surface area contributed by atoms with Crippen LogP contribution in [0.2, 0.25) is 0 Å². The highest BCUT2D eigenvalue weighted by molar-refractivity contribution is 7.46. The molecular formula is C40H69O9P. The van der Waals surface area contributed by atoms with Crippen molar-refractivity contribution in [2.45, 2.75) is 168 Å². The second-order valence-electron chi connectivity index (χ2n) is 13.4. The second-order valence-corrected chi connectivity index (χ2v) is 14.7. The van der Waals surface area contributed by atoms with Gasteiger partial charge >= 0.3 is 19.8 Å². The first-order valence-corrected chi connectivity index (χ1v) is 20.8. The molecule has 0 bridgehead atoms. The number of rotatable bonds is 34. The molecule has 0 saturated carbocycles. The molecule has 9 nitrogen and oxygen atoms in total. The Bertz CT molecular complexity index is 1030. The Labute approximate surface area is 303 Å². The topological polar surface area (TPSA) is 136 Å². The van der Waals surface area contributed by atoms with E-state index >= 15 is 0 Å². The number of unbranched alkanes of at least 4 members (excludes halogenated alkanes) is 13. The molecule has 0 aliphatic rings. The van der Waals surface area contributed by atoms with E-state index in [0.717, 1.165) is 57.3 Å². The average Bonchev–Trinajstić information content (AvgIpc) is 3.06. The number of esters is 2. The van der Waals surface area contributed by atoms with Crippen LogP contribution in [0.4, 0.5) is 0 Å². The standard InChI is InChI=1S/C40H69O9P/c1-4-5-24-30-37(41)31-26-21-17-13-9-7-10-14-18-22-27-32-39(42)47-34-38(35-48-50(44,45)46)49-40(43)33-28-23-19-15-11-6-8-12-16-20-25-29-36(2)3/h7,9,14,17-18,21,26,31,36,38H,4-6,8,10-13,15-16,19-20,22-25,27-30,32-35H2,1-3H3,(H2,44,45,46)/b9-7-,18-14-,21-17-,31-26+/t38-/m1/s1. The van der Waals surface area contributed by atoms with E-state index in [4.69, 9.17) is 19.3 Å². The van der Waals surface area contributed by atoms with Crippen LogP contribution in [-0.4, -0.2) is 46.8 Å². The number of phosphoric acid groups is 1. The van der Waals surface area contributed by atoms with Gasteiger partial charge in [0.05, 0.1) is 6.61 Å². The van der Waals surface area contributed by atoms with Gasteiger partial charge in [0.15, 0.2) is 11.9 Å². The number of carbonyl (C=O) groups is 3. The lowest BCUT2D eigenvalue weighted by molar-refractivity contribution is -0.161. The lowest BCUT2D eigenvalue weighted by Crippen LogP contribution is -2.29. The third kappa shape index (κ3) is 36.9. The molecule has 0 aromatic carbocycles. The van der Waals surface area contributed by atoms with Gasteiger partial charge in [-0.15, -0.1) is 0 Å². The average molecular weight is 725 g/mol. The van der Waals surface area contributed by atoms with Gasteiger partial charge in [0.1, 0.15) is 6.61 Å². The van der Waals surface area contributed by atoms with E-state index in [1.807, 2.05) is 30.4 Å². The predicted molar refractivity (Wildman–Crippen MR) is 202 cm³/mol. The first kappa shape index (κ1) is 47.7. The van der Waals surface area contributed by atoms with Gasteiger partial charge < -0.3 is 19.3 Å². The van der Waals surface area contributed by atoms with Crippen LogP contribution >= 0.6 is 7.82 Å². The number of hydrogen-bond acceptors (Lipinski definition) is 7. The minimum absolute atomic E-state index is 0.165. The molecule has 10 heteroatoms. The summed E-state index contributed by atoms with van der Waals surface area (Å²) in [5.74, 6) is -0.0213. The first-order chi connectivity index (χ1) is 24.0. The molecule has 288 valence electrons. The van der Waals surface area contributed by atoms with Crippen LogP contribution in [0.15, 0.2) is 48.6 Å². The molecule has 0 aromatic rings. The van der Waals surface area contributed by atoms with Gasteiger partial charge in [0.25, 0.3) is 0 Å². The van der Waals surface area contributed by atoms with Gasteiger partial charge in [0.2, 0.25) is 0 Å². The van der Waals surface area contributed by atoms with Crippen LogP contribution in [0.3, 0.4) is 0 Å². The Morgan fingerprint density at radius 2 is 1.20 bits per heavy atom. The Kier molecular flexibility index (Phi) is 32.2. The molecule has 0 aliphatic carbocycles. The smallest absolute Gasteiger partial charge is 0.462 e. The molecule has 0 saturated heterocycles. The summed E-state index contributed by atoms with van der Waals surface area (Å²) in [7, 11) is -4.78. The summed E-state index contributed by atoms with van der Waals surface area (Å²) >= 11 is 0. The Morgan fingerprint density at radius 1 is 0.640 bits per heavy atom. The van der Waals surface area contributed by atoms with E-state index in [2.05, 4.69) is 31.4 Å². The zero-order valence-electron chi connectivity index (χ0n) is 31.4. The minimum Gasteiger partial charge on any atom is -0.462 e. The van der Waals surface area contributed by atoms with Crippen LogP contribution in [0.25, 0.3) is 0 Å². The van der Waals surface area contributed by atoms with E-state index in [9.17, 15) is 18.9 Å². The molecule has 0 aliphatic heterocycles. The fourth-order valence-corrected chi connectivity index (χ4v) is 5.45. The highest BCUT2D eigenvalue weighted by Gasteiger charge is 2.22. The highest BCUT2D eigenvalue weighted by atomic mass is 31.2. The molecule has 0 spiro atoms. The summed E-state index contributed by atoms with van der Waals surface area (Å²) in [5, 5.41) is 0. The molecule has 0 rings (SSSR count). The molecule has 0 aromatic heterocycles. The van der Waals surface area contributed by atoms with Gasteiger partial charge in [-0.3, -0.25) is 18.9 Å². The van der Waals surface area contributed by atoms with E-state index in [1.165, 1.54) is 51.4 Å². The maximum absolute atomic E-state index is 12.4. The number of hydrogen-bond donors (Lipinski definition) is 2. The molecule has 50 heavy (non-hydrogen) atoms. The second kappa shape index (κ2) is 33.8. The van der Waals surface area contributed by atoms with E-state index in [0.29, 0.717) is 25.7 Å². The van der Waals surface area contributed by atoms with Crippen molar-refractivity contribution in [1.82, 2.24) is 0 Å². The first-order valence-electron chi connectivity index (χ1n) is 19.2. The van der Waals surface area contributed by atoms with Crippen molar-refractivity contribution in [1.29, 1.82) is 0 Å². The van der Waals surface area contributed by atoms with Crippen molar-refractivity contribution < 1.29 is 42.7 Å². The summed E-state index contributed by atoms with van der Waals surface area (Å²) in [6, 6.07) is 0. The fraction of sp³-hybridized carbons (Fsp3) is 0.725. The van der Waals surface area contributed by atoms with Gasteiger partial charge in [-0.25, -0.2) is 4.57 Å². The van der Waals surface area contributed by atoms with Crippen molar-refractivity contribution in [3.05, 3.63) is 48.6 Å². The van der Waals surface area contributed by atoms with Crippen molar-refractivity contribution in [2.75, 3.05) is 13.2 Å². The summed E-state index contributed by atoms with van der Waals surface area (Å²) < 4.78 is 26.2. The monoisotopic (exact) mass is 724 g/mol. The molecule has 0 heterocycles. The summed E-state index contributed by atoms with van der Waals surface area (Å²) in [4.78, 5) is 54.4. The van der Waals surface area contributed by atoms with Crippen LogP contribution in [0.5, 0.6) is 0 Å². The largest absolute Gasteiger partial charge is 0.469 e. The van der Waals surface area contributed by atoms with Crippen molar-refractivity contribution in [3.63, 3.8) is 0 Å². The van der Waals surface area contributed by atoms with Crippen LogP contribution in [0, 0.1) is 5.92 Å². The molecule has 0 radical (unpaired) electrons.